The van der Waals surface area contributed by atoms with Crippen LogP contribution in [-0.2, 0) is 0 Å². The van der Waals surface area contributed by atoms with E-state index >= 15 is 0 Å². The van der Waals surface area contributed by atoms with E-state index < -0.39 is 5.82 Å². The molecule has 1 aliphatic rings. The number of carbonyl (C=O) groups is 1. The summed E-state index contributed by atoms with van der Waals surface area (Å²) in [5.74, 6) is -0.437. The van der Waals surface area contributed by atoms with Crippen molar-refractivity contribution in [2.24, 2.45) is 0 Å². The second-order valence-corrected chi connectivity index (χ2v) is 5.12. The summed E-state index contributed by atoms with van der Waals surface area (Å²) in [6.45, 7) is 0. The third-order valence-electron chi connectivity index (χ3n) is 2.59. The summed E-state index contributed by atoms with van der Waals surface area (Å²) in [7, 11) is 0. The van der Waals surface area contributed by atoms with Crippen LogP contribution in [-0.4, -0.2) is 26.5 Å². The molecule has 0 aliphatic heterocycles. The summed E-state index contributed by atoms with van der Waals surface area (Å²) >= 11 is 1.26. The number of carbonyl (C=O) groups excluding carboxylic acids is 1. The van der Waals surface area contributed by atoms with Crippen molar-refractivity contribution in [2.45, 2.75) is 28.9 Å². The molecule has 1 aromatic heterocycles. The summed E-state index contributed by atoms with van der Waals surface area (Å²) in [4.78, 5) is 11.3. The Morgan fingerprint density at radius 2 is 2.22 bits per heavy atom. The number of hydrogen-bond acceptors (Lipinski definition) is 5. The molecule has 0 atom stereocenters. The Morgan fingerprint density at radius 1 is 1.39 bits per heavy atom. The number of benzene rings is 1. The van der Waals surface area contributed by atoms with E-state index in [1.165, 1.54) is 23.9 Å². The molecule has 0 bridgehead atoms. The van der Waals surface area contributed by atoms with Crippen molar-refractivity contribution in [1.82, 2.24) is 20.2 Å². The molecule has 1 aromatic carbocycles. The highest BCUT2D eigenvalue weighted by atomic mass is 32.2. The zero-order valence-electron chi connectivity index (χ0n) is 9.28. The van der Waals surface area contributed by atoms with Crippen LogP contribution >= 0.6 is 11.8 Å². The second kappa shape index (κ2) is 4.49. The van der Waals surface area contributed by atoms with Crippen molar-refractivity contribution in [3.05, 3.63) is 29.6 Å². The third-order valence-corrected chi connectivity index (χ3v) is 3.52. The first kappa shape index (κ1) is 11.3. The number of halogens is 1. The molecule has 1 saturated carbocycles. The largest absolute Gasteiger partial charge is 0.298 e. The summed E-state index contributed by atoms with van der Waals surface area (Å²) in [6.07, 6.45) is 2.76. The minimum atomic E-state index is -0.437. The van der Waals surface area contributed by atoms with Crippen LogP contribution in [0.2, 0.25) is 0 Å². The van der Waals surface area contributed by atoms with Crippen LogP contribution in [0.25, 0.3) is 0 Å². The molecule has 0 spiro atoms. The Balaban J connectivity index is 1.89. The van der Waals surface area contributed by atoms with E-state index in [0.29, 0.717) is 27.9 Å². The van der Waals surface area contributed by atoms with Gasteiger partial charge in [0.15, 0.2) is 0 Å². The van der Waals surface area contributed by atoms with Crippen molar-refractivity contribution in [3.63, 3.8) is 0 Å². The van der Waals surface area contributed by atoms with Gasteiger partial charge in [-0.3, -0.25) is 4.79 Å². The fourth-order valence-electron chi connectivity index (χ4n) is 1.62. The first-order valence-corrected chi connectivity index (χ1v) is 6.29. The van der Waals surface area contributed by atoms with Gasteiger partial charge in [-0.15, -0.1) is 5.10 Å². The van der Waals surface area contributed by atoms with Crippen LogP contribution in [0, 0.1) is 5.82 Å². The minimum Gasteiger partial charge on any atom is -0.298 e. The lowest BCUT2D eigenvalue weighted by Gasteiger charge is -2.03. The van der Waals surface area contributed by atoms with Crippen molar-refractivity contribution in [1.29, 1.82) is 0 Å². The lowest BCUT2D eigenvalue weighted by molar-refractivity contribution is 0.112. The van der Waals surface area contributed by atoms with Crippen LogP contribution in [0.15, 0.2) is 28.3 Å². The molecular weight excluding hydrogens is 255 g/mol. The fourth-order valence-corrected chi connectivity index (χ4v) is 2.55. The van der Waals surface area contributed by atoms with Crippen LogP contribution in [0.4, 0.5) is 4.39 Å². The van der Waals surface area contributed by atoms with Crippen molar-refractivity contribution in [2.75, 3.05) is 0 Å². The predicted molar refractivity (Wildman–Crippen MR) is 62.0 cm³/mol. The van der Waals surface area contributed by atoms with Crippen LogP contribution in [0.1, 0.15) is 29.2 Å². The maximum Gasteiger partial charge on any atom is 0.214 e. The maximum absolute atomic E-state index is 13.3. The van der Waals surface area contributed by atoms with Gasteiger partial charge in [-0.05, 0) is 53.2 Å². The van der Waals surface area contributed by atoms with E-state index in [1.54, 1.807) is 10.7 Å². The van der Waals surface area contributed by atoms with Crippen molar-refractivity contribution >= 4 is 18.0 Å². The van der Waals surface area contributed by atoms with Gasteiger partial charge in [-0.2, -0.15) is 0 Å². The van der Waals surface area contributed by atoms with Crippen molar-refractivity contribution < 1.29 is 9.18 Å². The molecule has 1 fully saturated rings. The topological polar surface area (TPSA) is 60.7 Å². The molecule has 7 heteroatoms. The molecule has 3 rings (SSSR count). The van der Waals surface area contributed by atoms with Gasteiger partial charge in [0, 0.05) is 10.5 Å². The fraction of sp³-hybridized carbons (Fsp3) is 0.273. The molecule has 0 amide bonds. The molecule has 1 aliphatic carbocycles. The van der Waals surface area contributed by atoms with Gasteiger partial charge in [0.2, 0.25) is 5.16 Å². The monoisotopic (exact) mass is 264 g/mol. The van der Waals surface area contributed by atoms with E-state index in [0.717, 1.165) is 12.8 Å². The molecule has 1 heterocycles. The zero-order chi connectivity index (χ0) is 12.5. The normalized spacial score (nSPS) is 14.7. The maximum atomic E-state index is 13.3. The highest BCUT2D eigenvalue weighted by Gasteiger charge is 2.28. The summed E-state index contributed by atoms with van der Waals surface area (Å²) in [5.41, 5.74) is 0.308. The van der Waals surface area contributed by atoms with E-state index in [1.807, 2.05) is 0 Å². The van der Waals surface area contributed by atoms with E-state index in [9.17, 15) is 9.18 Å². The number of aromatic nitrogens is 4. The van der Waals surface area contributed by atoms with Gasteiger partial charge in [0.05, 0.1) is 6.04 Å². The SMILES string of the molecule is O=Cc1cc(F)cc(Sc2nnnn2C2CC2)c1. The van der Waals surface area contributed by atoms with Crippen LogP contribution in [0.3, 0.4) is 0 Å². The molecule has 0 saturated heterocycles. The van der Waals surface area contributed by atoms with Gasteiger partial charge in [-0.25, -0.2) is 9.07 Å². The molecule has 0 radical (unpaired) electrons. The zero-order valence-corrected chi connectivity index (χ0v) is 10.1. The molecule has 18 heavy (non-hydrogen) atoms. The Morgan fingerprint density at radius 3 is 2.94 bits per heavy atom. The third kappa shape index (κ3) is 2.26. The van der Waals surface area contributed by atoms with Crippen LogP contribution in [0.5, 0.6) is 0 Å². The van der Waals surface area contributed by atoms with Gasteiger partial charge >= 0.3 is 0 Å². The summed E-state index contributed by atoms with van der Waals surface area (Å²) in [5, 5.41) is 12.1. The standard InChI is InChI=1S/C11H9FN4OS/c12-8-3-7(6-17)4-10(5-8)18-11-13-14-15-16(11)9-1-2-9/h3-6,9H,1-2H2. The Bertz CT molecular complexity index is 596. The number of aldehydes is 1. The average Bonchev–Trinajstić information content (AvgIpc) is 3.10. The highest BCUT2D eigenvalue weighted by Crippen LogP contribution is 2.38. The van der Waals surface area contributed by atoms with Gasteiger partial charge < -0.3 is 0 Å². The van der Waals surface area contributed by atoms with E-state index in [2.05, 4.69) is 15.5 Å². The lowest BCUT2D eigenvalue weighted by Crippen LogP contribution is -1.98. The number of nitrogens with zero attached hydrogens (tertiary/aromatic N) is 4. The van der Waals surface area contributed by atoms with E-state index in [-0.39, 0.29) is 0 Å². The van der Waals surface area contributed by atoms with Gasteiger partial charge in [-0.1, -0.05) is 0 Å². The minimum absolute atomic E-state index is 0.308. The average molecular weight is 264 g/mol. The lowest BCUT2D eigenvalue weighted by atomic mass is 10.2. The quantitative estimate of drug-likeness (QED) is 0.791. The van der Waals surface area contributed by atoms with E-state index in [4.69, 9.17) is 0 Å². The number of tetrazole rings is 1. The summed E-state index contributed by atoms with van der Waals surface area (Å²) < 4.78 is 15.0. The number of hydrogen-bond donors (Lipinski definition) is 0. The molecule has 0 N–H and O–H groups in total. The molecule has 5 nitrogen and oxygen atoms in total. The first-order valence-electron chi connectivity index (χ1n) is 5.48. The number of rotatable bonds is 4. The second-order valence-electron chi connectivity index (χ2n) is 4.08. The Kier molecular flexibility index (Phi) is 2.83. The highest BCUT2D eigenvalue weighted by molar-refractivity contribution is 7.99. The molecule has 2 aromatic rings. The van der Waals surface area contributed by atoms with Crippen LogP contribution < -0.4 is 0 Å². The molecule has 0 unspecified atom stereocenters. The molecule has 92 valence electrons. The predicted octanol–water partition coefficient (Wildman–Crippen LogP) is 2.11. The first-order chi connectivity index (χ1) is 8.76. The van der Waals surface area contributed by atoms with Gasteiger partial charge in [0.25, 0.3) is 0 Å². The Labute approximate surface area is 106 Å². The summed E-state index contributed by atoms with van der Waals surface area (Å²) in [6, 6.07) is 4.54. The van der Waals surface area contributed by atoms with Gasteiger partial charge in [0.1, 0.15) is 12.1 Å². The Hall–Kier alpha value is -1.76. The smallest absolute Gasteiger partial charge is 0.214 e. The molecular formula is C11H9FN4OS. The van der Waals surface area contributed by atoms with Crippen molar-refractivity contribution in [3.8, 4) is 0 Å².